The highest BCUT2D eigenvalue weighted by Gasteiger charge is 2.29. The molecule has 1 aliphatic rings. The predicted octanol–water partition coefficient (Wildman–Crippen LogP) is 1.87. The van der Waals surface area contributed by atoms with Gasteiger partial charge in [0.05, 0.1) is 11.2 Å². The molecule has 1 aromatic rings. The maximum Gasteiger partial charge on any atom is 0.265 e. The van der Waals surface area contributed by atoms with Crippen LogP contribution in [0.15, 0.2) is 5.51 Å². The number of nitrogens with one attached hydrogen (secondary N) is 1. The van der Waals surface area contributed by atoms with Gasteiger partial charge in [-0.1, -0.05) is 20.8 Å². The Bertz CT molecular complexity index is 436. The van der Waals surface area contributed by atoms with E-state index in [1.54, 1.807) is 5.51 Å². The number of nitrogens with zero attached hydrogens (tertiary/aromatic N) is 2. The normalized spacial score (nSPS) is 21.1. The first-order valence-corrected chi connectivity index (χ1v) is 7.24. The van der Waals surface area contributed by atoms with Gasteiger partial charge >= 0.3 is 0 Å². The highest BCUT2D eigenvalue weighted by atomic mass is 32.1. The lowest BCUT2D eigenvalue weighted by Gasteiger charge is -2.32. The summed E-state index contributed by atoms with van der Waals surface area (Å²) in [7, 11) is 0. The van der Waals surface area contributed by atoms with Crippen molar-refractivity contribution in [3.05, 3.63) is 16.1 Å². The Morgan fingerprint density at radius 1 is 1.56 bits per heavy atom. The molecule has 100 valence electrons. The number of hydrogen-bond donors (Lipinski definition) is 1. The third-order valence-corrected chi connectivity index (χ3v) is 3.94. The molecule has 2 rings (SSSR count). The summed E-state index contributed by atoms with van der Waals surface area (Å²) in [5.41, 5.74) is 2.62. The van der Waals surface area contributed by atoms with Crippen molar-refractivity contribution in [1.82, 2.24) is 15.2 Å². The van der Waals surface area contributed by atoms with Crippen LogP contribution in [0, 0.1) is 0 Å². The molecular formula is C13H21N3OS. The fourth-order valence-corrected chi connectivity index (χ4v) is 3.16. The second kappa shape index (κ2) is 4.97. The summed E-state index contributed by atoms with van der Waals surface area (Å²) in [6.07, 6.45) is 0. The largest absolute Gasteiger partial charge is 0.335 e. The molecule has 1 unspecified atom stereocenters. The Balaban J connectivity index is 2.21. The predicted molar refractivity (Wildman–Crippen MR) is 74.2 cm³/mol. The van der Waals surface area contributed by atoms with Gasteiger partial charge in [-0.25, -0.2) is 4.98 Å². The minimum Gasteiger partial charge on any atom is -0.335 e. The molecule has 1 amide bonds. The summed E-state index contributed by atoms with van der Waals surface area (Å²) in [6.45, 7) is 10.8. The SMILES string of the molecule is CC1CN(C(=O)c2scnc2C(C)(C)C)CCN1. The molecule has 0 aliphatic carbocycles. The van der Waals surface area contributed by atoms with E-state index in [1.165, 1.54) is 11.3 Å². The maximum absolute atomic E-state index is 12.5. The Morgan fingerprint density at radius 3 is 2.89 bits per heavy atom. The van der Waals surface area contributed by atoms with Gasteiger partial charge in [0.1, 0.15) is 4.88 Å². The third-order valence-electron chi connectivity index (χ3n) is 3.13. The van der Waals surface area contributed by atoms with Gasteiger partial charge in [0.2, 0.25) is 0 Å². The van der Waals surface area contributed by atoms with Gasteiger partial charge in [0.25, 0.3) is 5.91 Å². The number of rotatable bonds is 1. The first-order chi connectivity index (χ1) is 8.39. The van der Waals surface area contributed by atoms with Crippen LogP contribution in [0.1, 0.15) is 43.1 Å². The van der Waals surface area contributed by atoms with E-state index >= 15 is 0 Å². The summed E-state index contributed by atoms with van der Waals surface area (Å²) in [5.74, 6) is 0.135. The van der Waals surface area contributed by atoms with Crippen LogP contribution in [-0.2, 0) is 5.41 Å². The van der Waals surface area contributed by atoms with E-state index in [0.29, 0.717) is 6.04 Å². The van der Waals surface area contributed by atoms with E-state index in [2.05, 4.69) is 38.0 Å². The van der Waals surface area contributed by atoms with E-state index in [4.69, 9.17) is 0 Å². The molecule has 1 aliphatic heterocycles. The van der Waals surface area contributed by atoms with E-state index in [-0.39, 0.29) is 11.3 Å². The Morgan fingerprint density at radius 2 is 2.28 bits per heavy atom. The van der Waals surface area contributed by atoms with Crippen molar-refractivity contribution in [2.45, 2.75) is 39.2 Å². The lowest BCUT2D eigenvalue weighted by atomic mass is 9.91. The number of carbonyl (C=O) groups is 1. The number of thiazole rings is 1. The molecule has 1 aromatic heterocycles. The molecule has 1 fully saturated rings. The van der Waals surface area contributed by atoms with Crippen LogP contribution in [0.25, 0.3) is 0 Å². The number of carbonyl (C=O) groups excluding carboxylic acids is 1. The average Bonchev–Trinajstić information content (AvgIpc) is 2.76. The van der Waals surface area contributed by atoms with Crippen LogP contribution in [0.5, 0.6) is 0 Å². The van der Waals surface area contributed by atoms with Crippen molar-refractivity contribution < 1.29 is 4.79 Å². The fourth-order valence-electron chi connectivity index (χ4n) is 2.19. The molecule has 0 radical (unpaired) electrons. The standard InChI is InChI=1S/C13H21N3OS/c1-9-7-16(6-5-14-9)12(17)10-11(13(2,3)4)15-8-18-10/h8-9,14H,5-7H2,1-4H3. The number of amides is 1. The first kappa shape index (κ1) is 13.5. The molecule has 0 aromatic carbocycles. The summed E-state index contributed by atoms with van der Waals surface area (Å²) < 4.78 is 0. The second-order valence-corrected chi connectivity index (χ2v) is 6.74. The lowest BCUT2D eigenvalue weighted by molar-refractivity contribution is 0.0711. The number of piperazine rings is 1. The molecular weight excluding hydrogens is 246 g/mol. The van der Waals surface area contributed by atoms with Crippen molar-refractivity contribution in [2.75, 3.05) is 19.6 Å². The van der Waals surface area contributed by atoms with Crippen molar-refractivity contribution in [2.24, 2.45) is 0 Å². The minimum absolute atomic E-state index is 0.0787. The summed E-state index contributed by atoms with van der Waals surface area (Å²) >= 11 is 1.46. The molecule has 0 bridgehead atoms. The van der Waals surface area contributed by atoms with Crippen LogP contribution in [0.4, 0.5) is 0 Å². The number of aromatic nitrogens is 1. The molecule has 4 nitrogen and oxygen atoms in total. The van der Waals surface area contributed by atoms with Crippen LogP contribution in [0.3, 0.4) is 0 Å². The zero-order valence-electron chi connectivity index (χ0n) is 11.5. The first-order valence-electron chi connectivity index (χ1n) is 6.36. The minimum atomic E-state index is -0.0787. The van der Waals surface area contributed by atoms with Gasteiger partial charge in [-0.2, -0.15) is 0 Å². The van der Waals surface area contributed by atoms with Crippen LogP contribution >= 0.6 is 11.3 Å². The highest BCUT2D eigenvalue weighted by molar-refractivity contribution is 7.11. The zero-order chi connectivity index (χ0) is 13.3. The molecule has 1 atom stereocenters. The van der Waals surface area contributed by atoms with Crippen LogP contribution in [0.2, 0.25) is 0 Å². The lowest BCUT2D eigenvalue weighted by Crippen LogP contribution is -2.51. The van der Waals surface area contributed by atoms with E-state index < -0.39 is 0 Å². The van der Waals surface area contributed by atoms with Gasteiger partial charge < -0.3 is 10.2 Å². The molecule has 18 heavy (non-hydrogen) atoms. The van der Waals surface area contributed by atoms with Gasteiger partial charge in [-0.3, -0.25) is 4.79 Å². The monoisotopic (exact) mass is 267 g/mol. The molecule has 0 saturated carbocycles. The Labute approximate surface area is 112 Å². The molecule has 1 saturated heterocycles. The van der Waals surface area contributed by atoms with E-state index in [0.717, 1.165) is 30.2 Å². The topological polar surface area (TPSA) is 45.2 Å². The van der Waals surface area contributed by atoms with Crippen molar-refractivity contribution in [3.63, 3.8) is 0 Å². The Hall–Kier alpha value is -0.940. The Kier molecular flexibility index (Phi) is 3.73. The highest BCUT2D eigenvalue weighted by Crippen LogP contribution is 2.28. The van der Waals surface area contributed by atoms with E-state index in [1.807, 2.05) is 4.90 Å². The van der Waals surface area contributed by atoms with Gasteiger partial charge in [-0.05, 0) is 6.92 Å². The molecule has 5 heteroatoms. The quantitative estimate of drug-likeness (QED) is 0.845. The zero-order valence-corrected chi connectivity index (χ0v) is 12.3. The third kappa shape index (κ3) is 2.72. The summed E-state index contributed by atoms with van der Waals surface area (Å²) in [5, 5.41) is 3.35. The van der Waals surface area contributed by atoms with Crippen molar-refractivity contribution in [1.29, 1.82) is 0 Å². The molecule has 2 heterocycles. The number of hydrogen-bond acceptors (Lipinski definition) is 4. The average molecular weight is 267 g/mol. The van der Waals surface area contributed by atoms with Gasteiger partial charge in [0.15, 0.2) is 0 Å². The summed E-state index contributed by atoms with van der Waals surface area (Å²) in [6, 6.07) is 0.369. The maximum atomic E-state index is 12.5. The van der Waals surface area contributed by atoms with Gasteiger partial charge in [-0.15, -0.1) is 11.3 Å². The van der Waals surface area contributed by atoms with Crippen molar-refractivity contribution in [3.8, 4) is 0 Å². The summed E-state index contributed by atoms with van der Waals surface area (Å²) in [4.78, 5) is 19.7. The van der Waals surface area contributed by atoms with Crippen molar-refractivity contribution >= 4 is 17.2 Å². The van der Waals surface area contributed by atoms with Crippen LogP contribution < -0.4 is 5.32 Å². The molecule has 0 spiro atoms. The second-order valence-electron chi connectivity index (χ2n) is 5.89. The van der Waals surface area contributed by atoms with Gasteiger partial charge in [0, 0.05) is 31.1 Å². The molecule has 1 N–H and O–H groups in total. The van der Waals surface area contributed by atoms with Crippen LogP contribution in [-0.4, -0.2) is 41.5 Å². The van der Waals surface area contributed by atoms with E-state index in [9.17, 15) is 4.79 Å². The smallest absolute Gasteiger partial charge is 0.265 e. The fraction of sp³-hybridized carbons (Fsp3) is 0.692.